The van der Waals surface area contributed by atoms with Gasteiger partial charge in [0.25, 0.3) is 0 Å². The molecule has 571 valence electrons. The summed E-state index contributed by atoms with van der Waals surface area (Å²) in [6.07, 6.45) is 6.99. The Labute approximate surface area is 706 Å². The molecule has 3 atom stereocenters. The van der Waals surface area contributed by atoms with Crippen LogP contribution in [0.5, 0.6) is 69.0 Å². The first-order valence-electron chi connectivity index (χ1n) is 36.3. The van der Waals surface area contributed by atoms with Crippen molar-refractivity contribution in [3.05, 3.63) is 247 Å². The monoisotopic (exact) mass is 1680 g/mol. The molecule has 9 heterocycles. The third-order valence-corrected chi connectivity index (χ3v) is 23.1. The second kappa shape index (κ2) is 35.4. The zero-order valence-corrected chi connectivity index (χ0v) is 72.1. The van der Waals surface area contributed by atoms with Crippen molar-refractivity contribution in [1.82, 2.24) is 9.80 Å². The number of benzene rings is 9. The van der Waals surface area contributed by atoms with Crippen molar-refractivity contribution in [2.24, 2.45) is 0 Å². The first-order valence-corrected chi connectivity index (χ1v) is 38.7. The summed E-state index contributed by atoms with van der Waals surface area (Å²) in [4.78, 5) is 5.12. The molecule has 9 aromatic rings. The Balaban J connectivity index is 0.000000162. The number of nitrogens with zero attached hydrogens (tertiary/aromatic N) is 3. The quantitative estimate of drug-likeness (QED) is 0.0694. The topological polar surface area (TPSA) is 120 Å². The van der Waals surface area contributed by atoms with E-state index in [1.807, 2.05) is 30.3 Å². The van der Waals surface area contributed by atoms with Crippen molar-refractivity contribution in [3.63, 3.8) is 0 Å². The van der Waals surface area contributed by atoms with Crippen molar-refractivity contribution in [2.45, 2.75) is 118 Å². The fraction of sp³-hybridized carbons (Fsp3) is 0.352. The summed E-state index contributed by atoms with van der Waals surface area (Å²) < 4.78 is 70.7. The van der Waals surface area contributed by atoms with Crippen LogP contribution in [0.2, 0.25) is 0 Å². The average Bonchev–Trinajstić information content (AvgIpc) is 1.04. The molecule has 0 aliphatic carbocycles. The molecule has 9 aromatic carbocycles. The predicted molar refractivity (Wildman–Crippen MR) is 433 cm³/mol. The number of halogens is 5. The third kappa shape index (κ3) is 15.9. The molecule has 0 spiro atoms. The number of hydrogen-bond donors (Lipinski definition) is 0. The molecule has 0 saturated carbocycles. The molecule has 0 fully saturated rings. The number of methoxy groups -OCH3 is 6. The van der Waals surface area contributed by atoms with E-state index in [0.29, 0.717) is 13.6 Å². The molecule has 0 N–H and O–H groups in total. The van der Waals surface area contributed by atoms with E-state index in [4.69, 9.17) is 91.6 Å². The number of alkyl halides is 4. The molecule has 0 amide bonds. The van der Waals surface area contributed by atoms with Gasteiger partial charge in [0.1, 0.15) is 6.54 Å². The number of ether oxygens (including phenoxy) is 12. The molecule has 0 aromatic heterocycles. The summed E-state index contributed by atoms with van der Waals surface area (Å²) in [5.74, 6) is 10.3. The van der Waals surface area contributed by atoms with Gasteiger partial charge < -0.3 is 80.2 Å². The molecule has 0 bridgehead atoms. The Hall–Kier alpha value is -7.36. The summed E-state index contributed by atoms with van der Waals surface area (Å²) in [6.45, 7) is 17.4. The van der Waals surface area contributed by atoms with Gasteiger partial charge in [0.15, 0.2) is 84.5 Å². The summed E-state index contributed by atoms with van der Waals surface area (Å²) in [5.41, 5.74) is 21.0. The van der Waals surface area contributed by atoms with E-state index in [1.54, 1.807) is 42.7 Å². The average molecular weight is 1680 g/mol. The van der Waals surface area contributed by atoms with Crippen LogP contribution in [0.25, 0.3) is 11.8 Å². The molecule has 22 heteroatoms. The van der Waals surface area contributed by atoms with Gasteiger partial charge in [-0.25, -0.2) is 4.58 Å². The maximum atomic E-state index is 5.99. The second-order valence-corrected chi connectivity index (χ2v) is 31.7. The standard InChI is InChI=1S/C29H31NO4.C29H30NO4.C22H23NO4.C7H7Br.CHCl3.B.BrH.Na.H/c2*1-29(2)26-20(10-11-23(31-3)28(26)32-4)22(14-18-8-6-5-7-9-18)27-21-16-25-24(33-17-34-25)15-19(21)12-13-30(27)29;1-22(2)20-14(5-6-17(24-3)21(20)25-4)9-16-15-11-19-18(26-12-27-19)10-13(15)7-8-23(16)22;8-6-7-4-2-1-3-5-7;2-1(3)4;;;;/h5-11,15-16,22,27H,12-14,17H2,1-4H3;5-11,15-16,22H,12-14,17H2,1-4H3;5-6,9-11H,7-8,12H2,1-4H3;1-5H,6H2;1H;;1H;;/q;+1;;;;;;+1;-1/p-1. The van der Waals surface area contributed by atoms with Crippen LogP contribution in [-0.2, 0) is 54.1 Å². The van der Waals surface area contributed by atoms with E-state index < -0.39 is 4.30 Å². The Morgan fingerprint density at radius 2 is 0.936 bits per heavy atom. The van der Waals surface area contributed by atoms with Gasteiger partial charge in [-0.05, 0) is 170 Å². The fourth-order valence-corrected chi connectivity index (χ4v) is 18.1. The Kier molecular flexibility index (Phi) is 26.9. The smallest absolute Gasteiger partial charge is 1.00 e. The SMILES string of the molecule is BrCc1ccccc1.COc1ccc2c(c1OC)C(C)(C)N1CCc3cc4c(cc3C1=C2)OCO4.COc1ccc2c(c1OC)C(C)(C)N1CCc3cc4c(cc3C1C2Cc1ccccc1)OCO4.COc1ccc2c(c1OC)C(C)(C)[N+]1=C(c3cc4c(cc3CC1)OCO4)C2Cc1ccccc1.ClC(Cl)Cl.[B].[Br-].[H-].[Na+]. The van der Waals surface area contributed by atoms with Crippen LogP contribution < -0.4 is 103 Å². The maximum absolute atomic E-state index is 5.99. The Morgan fingerprint density at radius 1 is 0.491 bits per heavy atom. The zero-order chi connectivity index (χ0) is 75.1. The summed E-state index contributed by atoms with van der Waals surface area (Å²) in [5, 5.41) is 0.952. The molecule has 3 radical (unpaired) electrons. The van der Waals surface area contributed by atoms with E-state index in [-0.39, 0.29) is 97.7 Å². The minimum atomic E-state index is -0.750. The molecular weight excluding hydrogens is 1590 g/mol. The van der Waals surface area contributed by atoms with Gasteiger partial charge >= 0.3 is 29.6 Å². The van der Waals surface area contributed by atoms with E-state index in [1.165, 1.54) is 83.7 Å². The number of rotatable bonds is 11. The van der Waals surface area contributed by atoms with Crippen molar-refractivity contribution in [2.75, 3.05) is 82.7 Å². The minimum absolute atomic E-state index is 0. The maximum Gasteiger partial charge on any atom is 1.00 e. The van der Waals surface area contributed by atoms with Gasteiger partial charge in [-0.1, -0.05) is 160 Å². The van der Waals surface area contributed by atoms with Crippen LogP contribution in [-0.4, -0.2) is 115 Å². The predicted octanol–water partition coefficient (Wildman–Crippen LogP) is 13.0. The molecule has 15 nitrogen and oxygen atoms in total. The van der Waals surface area contributed by atoms with Crippen LogP contribution in [0.4, 0.5) is 0 Å². The third-order valence-electron chi connectivity index (χ3n) is 22.4. The second-order valence-electron chi connectivity index (χ2n) is 29.1. The Morgan fingerprint density at radius 3 is 1.45 bits per heavy atom. The van der Waals surface area contributed by atoms with Crippen LogP contribution in [0.1, 0.15) is 144 Å². The fourth-order valence-electron chi connectivity index (χ4n) is 17.7. The summed E-state index contributed by atoms with van der Waals surface area (Å²) in [6, 6.07) is 57.8. The van der Waals surface area contributed by atoms with Gasteiger partial charge in [-0.3, -0.25) is 4.90 Å². The van der Waals surface area contributed by atoms with Crippen molar-refractivity contribution in [3.8, 4) is 69.0 Å². The number of fused-ring (bicyclic) bond motifs is 14. The van der Waals surface area contributed by atoms with Crippen molar-refractivity contribution >= 4 is 76.6 Å². The first kappa shape index (κ1) is 83.6. The summed E-state index contributed by atoms with van der Waals surface area (Å²) in [7, 11) is 10.3. The molecule has 18 rings (SSSR count). The normalized spacial score (nSPS) is 18.2. The van der Waals surface area contributed by atoms with Crippen molar-refractivity contribution in [1.29, 1.82) is 0 Å². The van der Waals surface area contributed by atoms with Gasteiger partial charge in [-0.15, -0.1) is 0 Å². The Bertz CT molecular complexity index is 4870. The van der Waals surface area contributed by atoms with Gasteiger partial charge in [0.2, 0.25) is 20.4 Å². The molecule has 9 aliphatic rings. The zero-order valence-electron chi connectivity index (χ0n) is 65.7. The van der Waals surface area contributed by atoms with Gasteiger partial charge in [-0.2, -0.15) is 0 Å². The molecular formula is C88H93BBr2Cl3N3NaO12. The molecule has 3 unspecified atom stereocenters. The molecule has 9 aliphatic heterocycles. The van der Waals surface area contributed by atoms with E-state index in [0.717, 1.165) is 137 Å². The summed E-state index contributed by atoms with van der Waals surface area (Å²) >= 11 is 17.8. The van der Waals surface area contributed by atoms with Crippen LogP contribution in [0, 0.1) is 0 Å². The molecule has 110 heavy (non-hydrogen) atoms. The van der Waals surface area contributed by atoms with E-state index in [9.17, 15) is 0 Å². The van der Waals surface area contributed by atoms with E-state index in [2.05, 4.69) is 211 Å². The molecule has 0 saturated heterocycles. The van der Waals surface area contributed by atoms with Gasteiger partial charge in [0, 0.05) is 92.6 Å². The van der Waals surface area contributed by atoms with Crippen LogP contribution in [0.15, 0.2) is 164 Å². The van der Waals surface area contributed by atoms with Crippen LogP contribution >= 0.6 is 50.7 Å². The van der Waals surface area contributed by atoms with Crippen molar-refractivity contribution < 1.29 is 109 Å². The minimum Gasteiger partial charge on any atom is -1.00 e. The van der Waals surface area contributed by atoms with Gasteiger partial charge in [0.05, 0.1) is 59.7 Å². The van der Waals surface area contributed by atoms with E-state index >= 15 is 0 Å². The van der Waals surface area contributed by atoms with Crippen LogP contribution in [0.3, 0.4) is 0 Å². The number of hydrogen-bond acceptors (Lipinski definition) is 14. The first-order chi connectivity index (χ1) is 51.8. The largest absolute Gasteiger partial charge is 1.00 e.